The molecule has 0 aromatic carbocycles. The fourth-order valence-corrected chi connectivity index (χ4v) is 1.53. The van der Waals surface area contributed by atoms with E-state index in [0.29, 0.717) is 12.2 Å². The van der Waals surface area contributed by atoms with E-state index in [1.807, 2.05) is 0 Å². The molecule has 1 rings (SSSR count). The minimum Gasteiger partial charge on any atom is -0.465 e. The molecule has 1 aromatic rings. The predicted molar refractivity (Wildman–Crippen MR) is 59.1 cm³/mol. The number of hydrogen-bond acceptors (Lipinski definition) is 5. The fraction of sp³-hybridized carbons (Fsp3) is 0.500. The molecule has 0 amide bonds. The summed E-state index contributed by atoms with van der Waals surface area (Å²) >= 11 is 0. The van der Waals surface area contributed by atoms with Gasteiger partial charge in [-0.05, 0) is 19.1 Å². The minimum atomic E-state index is -0.531. The highest BCUT2D eigenvalue weighted by molar-refractivity contribution is 5.66. The number of hydrogen-bond donors (Lipinski definition) is 0. The molecule has 0 bridgehead atoms. The molecule has 2 atom stereocenters. The molecule has 0 unspecified atom stereocenters. The van der Waals surface area contributed by atoms with Crippen LogP contribution in [0.5, 0.6) is 0 Å². The molecule has 0 spiro atoms. The van der Waals surface area contributed by atoms with Crippen molar-refractivity contribution in [2.45, 2.75) is 39.4 Å². The minimum absolute atomic E-state index is 0.345. The number of rotatable bonds is 5. The summed E-state index contributed by atoms with van der Waals surface area (Å²) in [5, 5.41) is 0. The molecule has 0 aliphatic carbocycles. The normalized spacial score (nSPS) is 13.8. The second-order valence-corrected chi connectivity index (χ2v) is 3.77. The number of carbonyl (C=O) groups is 2. The first kappa shape index (κ1) is 13.3. The van der Waals surface area contributed by atoms with Gasteiger partial charge in [0.05, 0.1) is 6.26 Å². The Labute approximate surface area is 99.7 Å². The first-order chi connectivity index (χ1) is 7.99. The lowest BCUT2D eigenvalue weighted by atomic mass is 10.1. The molecule has 0 aliphatic heterocycles. The molecule has 17 heavy (non-hydrogen) atoms. The molecule has 1 heterocycles. The highest BCUT2D eigenvalue weighted by atomic mass is 16.6. The Morgan fingerprint density at radius 1 is 1.29 bits per heavy atom. The van der Waals surface area contributed by atoms with Crippen LogP contribution < -0.4 is 0 Å². The molecule has 0 saturated carbocycles. The molecule has 5 nitrogen and oxygen atoms in total. The van der Waals surface area contributed by atoms with Gasteiger partial charge >= 0.3 is 11.9 Å². The van der Waals surface area contributed by atoms with Gasteiger partial charge in [-0.25, -0.2) is 0 Å². The molecular formula is C12H16O5. The van der Waals surface area contributed by atoms with Crippen molar-refractivity contribution < 1.29 is 23.5 Å². The van der Waals surface area contributed by atoms with Crippen LogP contribution in [0.2, 0.25) is 0 Å². The molecule has 0 aliphatic rings. The second-order valence-electron chi connectivity index (χ2n) is 3.77. The zero-order valence-electron chi connectivity index (χ0n) is 10.1. The molecule has 0 radical (unpaired) electrons. The lowest BCUT2D eigenvalue weighted by Gasteiger charge is -2.19. The molecule has 1 aromatic heterocycles. The average molecular weight is 240 g/mol. The summed E-state index contributed by atoms with van der Waals surface area (Å²) in [7, 11) is 0. The zero-order chi connectivity index (χ0) is 12.8. The molecular weight excluding hydrogens is 224 g/mol. The van der Waals surface area contributed by atoms with Crippen LogP contribution in [0.3, 0.4) is 0 Å². The molecule has 0 N–H and O–H groups in total. The maximum absolute atomic E-state index is 11.0. The summed E-state index contributed by atoms with van der Waals surface area (Å²) in [6.07, 6.45) is 0.994. The van der Waals surface area contributed by atoms with Crippen LogP contribution in [0.4, 0.5) is 0 Å². The van der Waals surface area contributed by atoms with Crippen molar-refractivity contribution in [1.82, 2.24) is 0 Å². The third-order valence-corrected chi connectivity index (χ3v) is 2.08. The van der Waals surface area contributed by atoms with Crippen LogP contribution in [0, 0.1) is 0 Å². The number of furan rings is 1. The lowest BCUT2D eigenvalue weighted by Crippen LogP contribution is -2.18. The Kier molecular flexibility index (Phi) is 4.75. The summed E-state index contributed by atoms with van der Waals surface area (Å²) in [6, 6.07) is 3.43. The van der Waals surface area contributed by atoms with Crippen LogP contribution in [0.1, 0.15) is 39.1 Å². The van der Waals surface area contributed by atoms with E-state index in [1.54, 1.807) is 19.1 Å². The van der Waals surface area contributed by atoms with Crippen molar-refractivity contribution in [3.8, 4) is 0 Å². The lowest BCUT2D eigenvalue weighted by molar-refractivity contribution is -0.153. The summed E-state index contributed by atoms with van der Waals surface area (Å²) in [4.78, 5) is 21.8. The monoisotopic (exact) mass is 240 g/mol. The maximum Gasteiger partial charge on any atom is 0.303 e. The zero-order valence-corrected chi connectivity index (χ0v) is 10.1. The Balaban J connectivity index is 2.64. The maximum atomic E-state index is 11.0. The largest absolute Gasteiger partial charge is 0.465 e. The predicted octanol–water partition coefficient (Wildman–Crippen LogP) is 2.23. The van der Waals surface area contributed by atoms with Crippen LogP contribution >= 0.6 is 0 Å². The van der Waals surface area contributed by atoms with Crippen molar-refractivity contribution in [3.05, 3.63) is 24.2 Å². The van der Waals surface area contributed by atoms with E-state index in [0.717, 1.165) is 0 Å². The Morgan fingerprint density at radius 2 is 1.94 bits per heavy atom. The first-order valence-corrected chi connectivity index (χ1v) is 5.37. The molecule has 0 fully saturated rings. The van der Waals surface area contributed by atoms with Gasteiger partial charge in [-0.15, -0.1) is 0 Å². The number of ether oxygens (including phenoxy) is 2. The van der Waals surface area contributed by atoms with Gasteiger partial charge in [0, 0.05) is 20.3 Å². The van der Waals surface area contributed by atoms with Crippen molar-refractivity contribution in [3.63, 3.8) is 0 Å². The summed E-state index contributed by atoms with van der Waals surface area (Å²) < 4.78 is 15.3. The van der Waals surface area contributed by atoms with Gasteiger partial charge in [-0.3, -0.25) is 9.59 Å². The third kappa shape index (κ3) is 4.72. The summed E-state index contributed by atoms with van der Waals surface area (Å²) in [5.74, 6) is -0.223. The Morgan fingerprint density at radius 3 is 2.41 bits per heavy atom. The Hall–Kier alpha value is -1.78. The molecule has 0 saturated heterocycles. The standard InChI is InChI=1S/C12H16O5/c1-8(16-9(2)13)7-12(17-10(3)14)11-5-4-6-15-11/h4-6,8,12H,7H2,1-3H3/t8-,12+/m1/s1. The van der Waals surface area contributed by atoms with Crippen molar-refractivity contribution in [1.29, 1.82) is 0 Å². The first-order valence-electron chi connectivity index (χ1n) is 5.37. The van der Waals surface area contributed by atoms with Gasteiger partial charge in [-0.1, -0.05) is 0 Å². The van der Waals surface area contributed by atoms with Gasteiger partial charge in [0.2, 0.25) is 0 Å². The smallest absolute Gasteiger partial charge is 0.303 e. The second kappa shape index (κ2) is 6.08. The van der Waals surface area contributed by atoms with Crippen molar-refractivity contribution in [2.24, 2.45) is 0 Å². The van der Waals surface area contributed by atoms with Crippen molar-refractivity contribution in [2.75, 3.05) is 0 Å². The van der Waals surface area contributed by atoms with E-state index >= 15 is 0 Å². The van der Waals surface area contributed by atoms with E-state index in [-0.39, 0.29) is 12.1 Å². The van der Waals surface area contributed by atoms with Crippen LogP contribution in [-0.2, 0) is 19.1 Å². The highest BCUT2D eigenvalue weighted by Crippen LogP contribution is 2.24. The van der Waals surface area contributed by atoms with E-state index < -0.39 is 12.1 Å². The number of esters is 2. The SMILES string of the molecule is CC(=O)O[C@H](C)C[C@H](OC(C)=O)c1ccco1. The van der Waals surface area contributed by atoms with Gasteiger partial charge in [0.15, 0.2) is 6.10 Å². The number of carbonyl (C=O) groups excluding carboxylic acids is 2. The van der Waals surface area contributed by atoms with Gasteiger partial charge in [0.25, 0.3) is 0 Å². The van der Waals surface area contributed by atoms with E-state index in [9.17, 15) is 9.59 Å². The van der Waals surface area contributed by atoms with E-state index in [2.05, 4.69) is 0 Å². The van der Waals surface area contributed by atoms with E-state index in [1.165, 1.54) is 20.1 Å². The summed E-state index contributed by atoms with van der Waals surface area (Å²) in [5.41, 5.74) is 0. The summed E-state index contributed by atoms with van der Waals surface area (Å²) in [6.45, 7) is 4.40. The van der Waals surface area contributed by atoms with Crippen LogP contribution in [-0.4, -0.2) is 18.0 Å². The highest BCUT2D eigenvalue weighted by Gasteiger charge is 2.22. The van der Waals surface area contributed by atoms with Crippen molar-refractivity contribution >= 4 is 11.9 Å². The Bertz CT molecular complexity index is 368. The van der Waals surface area contributed by atoms with Gasteiger partial charge in [-0.2, -0.15) is 0 Å². The van der Waals surface area contributed by atoms with Crippen LogP contribution in [0.15, 0.2) is 22.8 Å². The quantitative estimate of drug-likeness (QED) is 0.738. The van der Waals surface area contributed by atoms with Gasteiger partial charge in [0.1, 0.15) is 11.9 Å². The van der Waals surface area contributed by atoms with Crippen LogP contribution in [0.25, 0.3) is 0 Å². The van der Waals surface area contributed by atoms with Gasteiger partial charge < -0.3 is 13.9 Å². The third-order valence-electron chi connectivity index (χ3n) is 2.08. The topological polar surface area (TPSA) is 65.7 Å². The molecule has 94 valence electrons. The molecule has 5 heteroatoms. The fourth-order valence-electron chi connectivity index (χ4n) is 1.53. The van der Waals surface area contributed by atoms with E-state index in [4.69, 9.17) is 13.9 Å². The average Bonchev–Trinajstić information content (AvgIpc) is 2.66.